The van der Waals surface area contributed by atoms with Crippen LogP contribution in [0.25, 0.3) is 0 Å². The molecular formula is C13H27ClN2O. The number of nitrogens with two attached hydrogens (primary N) is 1. The van der Waals surface area contributed by atoms with E-state index in [0.29, 0.717) is 24.3 Å². The lowest BCUT2D eigenvalue weighted by Gasteiger charge is -2.40. The largest absolute Gasteiger partial charge is 0.342 e. The van der Waals surface area contributed by atoms with E-state index in [1.54, 1.807) is 0 Å². The Labute approximate surface area is 112 Å². The summed E-state index contributed by atoms with van der Waals surface area (Å²) in [5.41, 5.74) is 5.79. The summed E-state index contributed by atoms with van der Waals surface area (Å²) in [5.74, 6) is 0.299. The summed E-state index contributed by atoms with van der Waals surface area (Å²) in [6.45, 7) is 7.05. The van der Waals surface area contributed by atoms with Crippen molar-refractivity contribution in [2.45, 2.75) is 52.4 Å². The van der Waals surface area contributed by atoms with E-state index in [-0.39, 0.29) is 12.4 Å². The van der Waals surface area contributed by atoms with Gasteiger partial charge in [-0.3, -0.25) is 4.79 Å². The molecule has 1 rings (SSSR count). The van der Waals surface area contributed by atoms with Crippen molar-refractivity contribution >= 4 is 18.3 Å². The van der Waals surface area contributed by atoms with Gasteiger partial charge in [0.05, 0.1) is 0 Å². The number of rotatable bonds is 5. The molecule has 0 aliphatic carbocycles. The number of halogens is 1. The Hall–Kier alpha value is -0.280. The summed E-state index contributed by atoms with van der Waals surface area (Å²) in [7, 11) is 0. The van der Waals surface area contributed by atoms with Gasteiger partial charge in [-0.25, -0.2) is 0 Å². The third kappa shape index (κ3) is 5.26. The van der Waals surface area contributed by atoms with E-state index in [4.69, 9.17) is 5.73 Å². The molecule has 0 spiro atoms. The first kappa shape index (κ1) is 16.7. The lowest BCUT2D eigenvalue weighted by Crippen LogP contribution is -2.44. The van der Waals surface area contributed by atoms with E-state index in [1.807, 2.05) is 0 Å². The molecule has 0 aromatic carbocycles. The summed E-state index contributed by atoms with van der Waals surface area (Å²) in [6, 6.07) is 0. The molecule has 1 unspecified atom stereocenters. The lowest BCUT2D eigenvalue weighted by atomic mass is 9.78. The standard InChI is InChI=1S/C13H26N2O.ClH/c1-3-7-13(2)8-5-10-15(11-13)12(16)6-4-9-14;/h3-11,14H2,1-2H3;1H. The smallest absolute Gasteiger partial charge is 0.222 e. The lowest BCUT2D eigenvalue weighted by molar-refractivity contribution is -0.134. The summed E-state index contributed by atoms with van der Waals surface area (Å²) in [4.78, 5) is 14.0. The molecule has 4 heteroatoms. The Morgan fingerprint density at radius 1 is 1.47 bits per heavy atom. The quantitative estimate of drug-likeness (QED) is 0.828. The minimum atomic E-state index is 0. The van der Waals surface area contributed by atoms with Crippen molar-refractivity contribution in [3.8, 4) is 0 Å². The summed E-state index contributed by atoms with van der Waals surface area (Å²) < 4.78 is 0. The van der Waals surface area contributed by atoms with Gasteiger partial charge >= 0.3 is 0 Å². The monoisotopic (exact) mass is 262 g/mol. The number of amides is 1. The SMILES string of the molecule is CCCC1(C)CCCN(C(=O)CCCN)C1.Cl. The number of nitrogens with zero attached hydrogens (tertiary/aromatic N) is 1. The highest BCUT2D eigenvalue weighted by molar-refractivity contribution is 5.85. The van der Waals surface area contributed by atoms with Crippen molar-refractivity contribution in [1.82, 2.24) is 4.90 Å². The third-order valence-electron chi connectivity index (χ3n) is 3.58. The van der Waals surface area contributed by atoms with E-state index >= 15 is 0 Å². The van der Waals surface area contributed by atoms with Gasteiger partial charge in [-0.05, 0) is 37.6 Å². The van der Waals surface area contributed by atoms with Gasteiger partial charge in [0.25, 0.3) is 0 Å². The van der Waals surface area contributed by atoms with Crippen LogP contribution in [0.1, 0.15) is 52.4 Å². The Bertz CT molecular complexity index is 231. The number of piperidine rings is 1. The minimum Gasteiger partial charge on any atom is -0.342 e. The zero-order chi connectivity index (χ0) is 12.0. The first-order chi connectivity index (χ1) is 7.61. The first-order valence-electron chi connectivity index (χ1n) is 6.59. The van der Waals surface area contributed by atoms with Crippen molar-refractivity contribution in [2.24, 2.45) is 11.1 Å². The molecule has 1 aliphatic heterocycles. The normalized spacial score (nSPS) is 24.3. The van der Waals surface area contributed by atoms with E-state index in [0.717, 1.165) is 25.9 Å². The fraction of sp³-hybridized carbons (Fsp3) is 0.923. The van der Waals surface area contributed by atoms with Gasteiger partial charge in [-0.15, -0.1) is 12.4 Å². The van der Waals surface area contributed by atoms with E-state index in [2.05, 4.69) is 18.7 Å². The second-order valence-corrected chi connectivity index (χ2v) is 5.37. The van der Waals surface area contributed by atoms with Crippen molar-refractivity contribution in [2.75, 3.05) is 19.6 Å². The van der Waals surface area contributed by atoms with Gasteiger partial charge in [-0.2, -0.15) is 0 Å². The average molecular weight is 263 g/mol. The van der Waals surface area contributed by atoms with Crippen molar-refractivity contribution in [3.63, 3.8) is 0 Å². The van der Waals surface area contributed by atoms with Crippen LogP contribution in [0.3, 0.4) is 0 Å². The molecule has 0 saturated carbocycles. The number of carbonyl (C=O) groups excluding carboxylic acids is 1. The van der Waals surface area contributed by atoms with Crippen molar-refractivity contribution in [3.05, 3.63) is 0 Å². The van der Waals surface area contributed by atoms with Crippen LogP contribution in [0.15, 0.2) is 0 Å². The van der Waals surface area contributed by atoms with Crippen LogP contribution in [-0.2, 0) is 4.79 Å². The van der Waals surface area contributed by atoms with Crippen molar-refractivity contribution < 1.29 is 4.79 Å². The Morgan fingerprint density at radius 2 is 2.18 bits per heavy atom. The second-order valence-electron chi connectivity index (χ2n) is 5.37. The maximum atomic E-state index is 11.9. The van der Waals surface area contributed by atoms with Gasteiger partial charge < -0.3 is 10.6 Å². The maximum Gasteiger partial charge on any atom is 0.222 e. The molecular weight excluding hydrogens is 236 g/mol. The van der Waals surface area contributed by atoms with E-state index in [9.17, 15) is 4.79 Å². The fourth-order valence-corrected chi connectivity index (χ4v) is 2.75. The second kappa shape index (κ2) is 7.93. The Balaban J connectivity index is 0.00000256. The van der Waals surface area contributed by atoms with E-state index in [1.165, 1.54) is 19.3 Å². The topological polar surface area (TPSA) is 46.3 Å². The van der Waals surface area contributed by atoms with Crippen molar-refractivity contribution in [1.29, 1.82) is 0 Å². The zero-order valence-electron chi connectivity index (χ0n) is 11.2. The highest BCUT2D eigenvalue weighted by atomic mass is 35.5. The van der Waals surface area contributed by atoms with Crippen LogP contribution in [0.4, 0.5) is 0 Å². The molecule has 1 amide bonds. The molecule has 2 N–H and O–H groups in total. The minimum absolute atomic E-state index is 0. The maximum absolute atomic E-state index is 11.9. The molecule has 1 saturated heterocycles. The number of likely N-dealkylation sites (tertiary alicyclic amines) is 1. The highest BCUT2D eigenvalue weighted by Gasteiger charge is 2.31. The van der Waals surface area contributed by atoms with Gasteiger partial charge in [0.2, 0.25) is 5.91 Å². The van der Waals surface area contributed by atoms with Gasteiger partial charge in [0, 0.05) is 19.5 Å². The molecule has 102 valence electrons. The first-order valence-corrected chi connectivity index (χ1v) is 6.59. The molecule has 0 radical (unpaired) electrons. The van der Waals surface area contributed by atoms with Crippen LogP contribution >= 0.6 is 12.4 Å². The summed E-state index contributed by atoms with van der Waals surface area (Å²) >= 11 is 0. The summed E-state index contributed by atoms with van der Waals surface area (Å²) in [5, 5.41) is 0. The van der Waals surface area contributed by atoms with Crippen LogP contribution in [0.2, 0.25) is 0 Å². The molecule has 3 nitrogen and oxygen atoms in total. The van der Waals surface area contributed by atoms with Crippen LogP contribution in [-0.4, -0.2) is 30.4 Å². The van der Waals surface area contributed by atoms with Gasteiger partial charge in [0.15, 0.2) is 0 Å². The molecule has 1 fully saturated rings. The predicted molar refractivity (Wildman–Crippen MR) is 74.4 cm³/mol. The molecule has 1 atom stereocenters. The molecule has 0 aromatic heterocycles. The molecule has 0 bridgehead atoms. The molecule has 17 heavy (non-hydrogen) atoms. The highest BCUT2D eigenvalue weighted by Crippen LogP contribution is 2.34. The Kier molecular flexibility index (Phi) is 7.80. The van der Waals surface area contributed by atoms with Crippen LogP contribution < -0.4 is 5.73 Å². The Morgan fingerprint density at radius 3 is 2.76 bits per heavy atom. The van der Waals surface area contributed by atoms with E-state index < -0.39 is 0 Å². The third-order valence-corrected chi connectivity index (χ3v) is 3.58. The average Bonchev–Trinajstić information content (AvgIpc) is 2.25. The number of carbonyl (C=O) groups is 1. The number of hydrogen-bond donors (Lipinski definition) is 1. The fourth-order valence-electron chi connectivity index (χ4n) is 2.75. The summed E-state index contributed by atoms with van der Waals surface area (Å²) in [6.07, 6.45) is 6.31. The van der Waals surface area contributed by atoms with Crippen LogP contribution in [0, 0.1) is 5.41 Å². The zero-order valence-corrected chi connectivity index (χ0v) is 12.0. The molecule has 0 aromatic rings. The van der Waals surface area contributed by atoms with Crippen LogP contribution in [0.5, 0.6) is 0 Å². The molecule has 1 heterocycles. The molecule has 1 aliphatic rings. The van der Waals surface area contributed by atoms with Gasteiger partial charge in [-0.1, -0.05) is 20.3 Å². The predicted octanol–water partition coefficient (Wildman–Crippen LogP) is 2.58. The van der Waals surface area contributed by atoms with Gasteiger partial charge in [0.1, 0.15) is 0 Å². The number of hydrogen-bond acceptors (Lipinski definition) is 2.